The second-order valence-corrected chi connectivity index (χ2v) is 8.94. The molecule has 0 atom stereocenters. The predicted molar refractivity (Wildman–Crippen MR) is 125 cm³/mol. The maximum Gasteiger partial charge on any atom is 0.345 e. The zero-order valence-electron chi connectivity index (χ0n) is 17.6. The van der Waals surface area contributed by atoms with Gasteiger partial charge in [0.15, 0.2) is 0 Å². The van der Waals surface area contributed by atoms with E-state index in [1.54, 1.807) is 56.3 Å². The van der Waals surface area contributed by atoms with E-state index in [0.717, 1.165) is 0 Å². The van der Waals surface area contributed by atoms with Crippen LogP contribution in [0.1, 0.15) is 25.1 Å². The first kappa shape index (κ1) is 23.7. The van der Waals surface area contributed by atoms with Crippen molar-refractivity contribution >= 4 is 54.9 Å². The number of aromatic nitrogens is 1. The second-order valence-electron chi connectivity index (χ2n) is 6.59. The summed E-state index contributed by atoms with van der Waals surface area (Å²) in [6.07, 6.45) is 1.34. The van der Waals surface area contributed by atoms with E-state index >= 15 is 0 Å². The van der Waals surface area contributed by atoms with Crippen molar-refractivity contribution in [2.75, 3.05) is 13.2 Å². The molecule has 0 N–H and O–H groups in total. The van der Waals surface area contributed by atoms with Crippen LogP contribution >= 0.6 is 15.9 Å². The summed E-state index contributed by atoms with van der Waals surface area (Å²) in [4.78, 5) is 25.1. The molecular weight excluding hydrogens is 498 g/mol. The topological polar surface area (TPSA) is 91.7 Å². The average Bonchev–Trinajstić information content (AvgIpc) is 3.12. The molecule has 0 fully saturated rings. The quantitative estimate of drug-likeness (QED) is 0.145. The number of ether oxygens (including phenoxy) is 2. The van der Waals surface area contributed by atoms with Crippen molar-refractivity contribution in [1.82, 2.24) is 3.97 Å². The number of nitrogens with zero attached hydrogens (tertiary/aromatic N) is 1. The number of benzene rings is 2. The number of para-hydroxylation sites is 1. The van der Waals surface area contributed by atoms with Crippen molar-refractivity contribution in [1.29, 1.82) is 0 Å². The van der Waals surface area contributed by atoms with Gasteiger partial charge in [0.2, 0.25) is 0 Å². The van der Waals surface area contributed by atoms with Crippen molar-refractivity contribution < 1.29 is 27.5 Å². The Morgan fingerprint density at radius 2 is 1.50 bits per heavy atom. The number of hydrogen-bond acceptors (Lipinski definition) is 6. The van der Waals surface area contributed by atoms with Gasteiger partial charge < -0.3 is 9.47 Å². The average molecular weight is 520 g/mol. The number of hydrogen-bond donors (Lipinski definition) is 0. The Balaban J connectivity index is 2.35. The molecule has 0 spiro atoms. The van der Waals surface area contributed by atoms with E-state index in [4.69, 9.17) is 9.47 Å². The molecule has 3 rings (SSSR count). The van der Waals surface area contributed by atoms with Gasteiger partial charge in [-0.25, -0.2) is 22.0 Å². The third-order valence-electron chi connectivity index (χ3n) is 4.66. The highest BCUT2D eigenvalue weighted by Gasteiger charge is 2.28. The standard InChI is InChI=1S/C23H22BrNO6S/c1-3-30-22(26)19(23(27)31-4-2)14-18-17-12-8-9-13-20(17)25(21(18)15-24)32(28,29)16-10-6-5-7-11-16/h5-14H,3-4,15H2,1-2H3. The van der Waals surface area contributed by atoms with Gasteiger partial charge in [0.1, 0.15) is 5.57 Å². The number of rotatable bonds is 8. The fourth-order valence-electron chi connectivity index (χ4n) is 3.31. The van der Waals surface area contributed by atoms with Gasteiger partial charge in [0.25, 0.3) is 10.0 Å². The molecule has 3 aromatic rings. The van der Waals surface area contributed by atoms with Gasteiger partial charge in [-0.15, -0.1) is 0 Å². The maximum atomic E-state index is 13.5. The van der Waals surface area contributed by atoms with Crippen LogP contribution in [-0.2, 0) is 34.4 Å². The molecule has 1 heterocycles. The molecule has 0 aliphatic heterocycles. The van der Waals surface area contributed by atoms with Crippen molar-refractivity contribution in [3.63, 3.8) is 0 Å². The van der Waals surface area contributed by atoms with E-state index in [0.29, 0.717) is 22.2 Å². The zero-order chi connectivity index (χ0) is 23.3. The molecule has 0 saturated heterocycles. The molecule has 9 heteroatoms. The summed E-state index contributed by atoms with van der Waals surface area (Å²) in [5.74, 6) is -1.68. The molecule has 0 aliphatic carbocycles. The molecule has 32 heavy (non-hydrogen) atoms. The number of esters is 2. The molecule has 0 amide bonds. The molecule has 0 radical (unpaired) electrons. The van der Waals surface area contributed by atoms with Gasteiger partial charge in [-0.1, -0.05) is 52.3 Å². The van der Waals surface area contributed by atoms with Crippen molar-refractivity contribution in [3.05, 3.63) is 71.4 Å². The molecule has 2 aromatic carbocycles. The summed E-state index contributed by atoms with van der Waals surface area (Å²) >= 11 is 3.38. The van der Waals surface area contributed by atoms with Crippen LogP contribution in [0.15, 0.2) is 65.1 Å². The fraction of sp³-hybridized carbons (Fsp3) is 0.217. The second kappa shape index (κ2) is 10.1. The lowest BCUT2D eigenvalue weighted by atomic mass is 10.1. The van der Waals surface area contributed by atoms with Gasteiger partial charge >= 0.3 is 11.9 Å². The summed E-state index contributed by atoms with van der Waals surface area (Å²) in [5, 5.41) is 0.714. The number of carbonyl (C=O) groups excluding carboxylic acids is 2. The van der Waals surface area contributed by atoms with E-state index in [-0.39, 0.29) is 29.0 Å². The van der Waals surface area contributed by atoms with E-state index in [1.165, 1.54) is 22.2 Å². The lowest BCUT2D eigenvalue weighted by molar-refractivity contribution is -0.146. The molecular formula is C23H22BrNO6S. The van der Waals surface area contributed by atoms with Crippen molar-refractivity contribution in [2.24, 2.45) is 0 Å². The summed E-state index contributed by atoms with van der Waals surface area (Å²) in [5.41, 5.74) is 0.884. The maximum absolute atomic E-state index is 13.5. The Bertz CT molecular complexity index is 1260. The Morgan fingerprint density at radius 1 is 0.938 bits per heavy atom. The third kappa shape index (κ3) is 4.49. The van der Waals surface area contributed by atoms with Crippen LogP contribution in [0.25, 0.3) is 17.0 Å². The van der Waals surface area contributed by atoms with E-state index in [2.05, 4.69) is 15.9 Å². The van der Waals surface area contributed by atoms with Crippen LogP contribution in [0.2, 0.25) is 0 Å². The van der Waals surface area contributed by atoms with E-state index in [1.807, 2.05) is 0 Å². The van der Waals surface area contributed by atoms with Gasteiger partial charge in [0.05, 0.1) is 29.3 Å². The SMILES string of the molecule is CCOC(=O)C(=Cc1c(CBr)n(S(=O)(=O)c2ccccc2)c2ccccc12)C(=O)OCC. The highest BCUT2D eigenvalue weighted by molar-refractivity contribution is 9.08. The molecule has 1 aromatic heterocycles. The molecule has 7 nitrogen and oxygen atoms in total. The summed E-state index contributed by atoms with van der Waals surface area (Å²) in [7, 11) is -3.96. The first-order chi connectivity index (χ1) is 15.4. The molecule has 0 unspecified atom stereocenters. The normalized spacial score (nSPS) is 11.2. The van der Waals surface area contributed by atoms with Crippen LogP contribution in [0.5, 0.6) is 0 Å². The van der Waals surface area contributed by atoms with Gasteiger partial charge in [0, 0.05) is 16.3 Å². The lowest BCUT2D eigenvalue weighted by Gasteiger charge is -2.11. The first-order valence-corrected chi connectivity index (χ1v) is 12.5. The van der Waals surface area contributed by atoms with Crippen LogP contribution in [0, 0.1) is 0 Å². The van der Waals surface area contributed by atoms with Gasteiger partial charge in [-0.2, -0.15) is 0 Å². The Labute approximate surface area is 194 Å². The third-order valence-corrected chi connectivity index (χ3v) is 6.95. The minimum Gasteiger partial charge on any atom is -0.462 e. The van der Waals surface area contributed by atoms with Crippen LogP contribution in [0.3, 0.4) is 0 Å². The van der Waals surface area contributed by atoms with E-state index in [9.17, 15) is 18.0 Å². The predicted octanol–water partition coefficient (Wildman–Crippen LogP) is 4.28. The number of alkyl halides is 1. The molecule has 168 valence electrons. The van der Waals surface area contributed by atoms with Gasteiger partial charge in [-0.3, -0.25) is 0 Å². The Kier molecular flexibility index (Phi) is 7.52. The Morgan fingerprint density at radius 3 is 2.06 bits per heavy atom. The lowest BCUT2D eigenvalue weighted by Crippen LogP contribution is -2.18. The Hall–Kier alpha value is -2.91. The number of carbonyl (C=O) groups is 2. The number of fused-ring (bicyclic) bond motifs is 1. The number of halogens is 1. The summed E-state index contributed by atoms with van der Waals surface area (Å²) < 4.78 is 38.4. The minimum absolute atomic E-state index is 0.0744. The smallest absolute Gasteiger partial charge is 0.345 e. The largest absolute Gasteiger partial charge is 0.462 e. The van der Waals surface area contributed by atoms with E-state index < -0.39 is 22.0 Å². The minimum atomic E-state index is -3.96. The van der Waals surface area contributed by atoms with Crippen molar-refractivity contribution in [3.8, 4) is 0 Å². The highest BCUT2D eigenvalue weighted by Crippen LogP contribution is 2.33. The van der Waals surface area contributed by atoms with Crippen LogP contribution < -0.4 is 0 Å². The van der Waals surface area contributed by atoms with Crippen LogP contribution in [-0.4, -0.2) is 37.5 Å². The van der Waals surface area contributed by atoms with Crippen LogP contribution in [0.4, 0.5) is 0 Å². The van der Waals surface area contributed by atoms with Crippen molar-refractivity contribution in [2.45, 2.75) is 24.1 Å². The molecule has 0 bridgehead atoms. The molecule has 0 aliphatic rings. The monoisotopic (exact) mass is 519 g/mol. The summed E-state index contributed by atoms with van der Waals surface area (Å²) in [6.45, 7) is 3.40. The highest BCUT2D eigenvalue weighted by atomic mass is 79.9. The van der Waals surface area contributed by atoms with Gasteiger partial charge in [-0.05, 0) is 38.1 Å². The first-order valence-electron chi connectivity index (χ1n) is 9.91. The fourth-order valence-corrected chi connectivity index (χ4v) is 5.61. The zero-order valence-corrected chi connectivity index (χ0v) is 20.0. The summed E-state index contributed by atoms with van der Waals surface area (Å²) in [6, 6.07) is 14.9. The molecule has 0 saturated carbocycles.